The van der Waals surface area contributed by atoms with E-state index >= 15 is 0 Å². The second-order valence-corrected chi connectivity index (χ2v) is 4.44. The standard InChI is InChI=1S/C11H20N4/c1-14-5-4-11(13-14)9-15-6-2-10(8-12)3-7-15/h4-5,10H,2-3,6-9,12H2,1H3. The van der Waals surface area contributed by atoms with E-state index in [1.165, 1.54) is 31.6 Å². The Kier molecular flexibility index (Phi) is 3.38. The first-order valence-corrected chi connectivity index (χ1v) is 5.69. The predicted octanol–water partition coefficient (Wildman–Crippen LogP) is 0.591. The van der Waals surface area contributed by atoms with Crippen LogP contribution in [-0.2, 0) is 13.6 Å². The third-order valence-electron chi connectivity index (χ3n) is 3.19. The Morgan fingerprint density at radius 3 is 2.73 bits per heavy atom. The normalized spacial score (nSPS) is 19.6. The van der Waals surface area contributed by atoms with E-state index in [0.29, 0.717) is 0 Å². The average molecular weight is 208 g/mol. The summed E-state index contributed by atoms with van der Waals surface area (Å²) in [5, 5.41) is 4.39. The third kappa shape index (κ3) is 2.79. The summed E-state index contributed by atoms with van der Waals surface area (Å²) in [6.45, 7) is 4.16. The van der Waals surface area contributed by atoms with E-state index in [1.54, 1.807) is 0 Å². The quantitative estimate of drug-likeness (QED) is 0.791. The minimum absolute atomic E-state index is 0.741. The summed E-state index contributed by atoms with van der Waals surface area (Å²) in [6.07, 6.45) is 4.48. The van der Waals surface area contributed by atoms with Gasteiger partial charge in [0.2, 0.25) is 0 Å². The van der Waals surface area contributed by atoms with Gasteiger partial charge in [-0.15, -0.1) is 0 Å². The minimum atomic E-state index is 0.741. The number of likely N-dealkylation sites (tertiary alicyclic amines) is 1. The highest BCUT2D eigenvalue weighted by Gasteiger charge is 2.18. The molecule has 2 N–H and O–H groups in total. The summed E-state index contributed by atoms with van der Waals surface area (Å²) >= 11 is 0. The van der Waals surface area contributed by atoms with Crippen LogP contribution in [0.3, 0.4) is 0 Å². The summed E-state index contributed by atoms with van der Waals surface area (Å²) in [6, 6.07) is 2.09. The zero-order valence-corrected chi connectivity index (χ0v) is 9.39. The number of hydrogen-bond acceptors (Lipinski definition) is 3. The molecule has 1 fully saturated rings. The van der Waals surface area contributed by atoms with Crippen LogP contribution in [0.4, 0.5) is 0 Å². The molecule has 4 nitrogen and oxygen atoms in total. The lowest BCUT2D eigenvalue weighted by molar-refractivity contribution is 0.178. The molecule has 84 valence electrons. The first-order valence-electron chi connectivity index (χ1n) is 5.69. The van der Waals surface area contributed by atoms with Gasteiger partial charge in [-0.05, 0) is 44.5 Å². The average Bonchev–Trinajstić information content (AvgIpc) is 2.65. The summed E-state index contributed by atoms with van der Waals surface area (Å²) < 4.78 is 1.86. The highest BCUT2D eigenvalue weighted by molar-refractivity contribution is 4.98. The van der Waals surface area contributed by atoms with Crippen molar-refractivity contribution < 1.29 is 0 Å². The Morgan fingerprint density at radius 2 is 2.20 bits per heavy atom. The van der Waals surface area contributed by atoms with Gasteiger partial charge in [-0.2, -0.15) is 5.10 Å². The summed E-state index contributed by atoms with van der Waals surface area (Å²) in [5.74, 6) is 0.741. The van der Waals surface area contributed by atoms with Gasteiger partial charge in [0.25, 0.3) is 0 Å². The second-order valence-electron chi connectivity index (χ2n) is 4.44. The van der Waals surface area contributed by atoms with Crippen LogP contribution in [0.2, 0.25) is 0 Å². The van der Waals surface area contributed by atoms with Gasteiger partial charge in [-0.1, -0.05) is 0 Å². The molecule has 2 rings (SSSR count). The van der Waals surface area contributed by atoms with Gasteiger partial charge in [0, 0.05) is 19.8 Å². The van der Waals surface area contributed by atoms with Gasteiger partial charge >= 0.3 is 0 Å². The predicted molar refractivity (Wildman–Crippen MR) is 60.3 cm³/mol. The zero-order valence-electron chi connectivity index (χ0n) is 9.39. The van der Waals surface area contributed by atoms with Crippen LogP contribution in [0, 0.1) is 5.92 Å². The molecule has 0 radical (unpaired) electrons. The van der Waals surface area contributed by atoms with E-state index in [-0.39, 0.29) is 0 Å². The minimum Gasteiger partial charge on any atom is -0.330 e. The van der Waals surface area contributed by atoms with Crippen LogP contribution in [0.15, 0.2) is 12.3 Å². The van der Waals surface area contributed by atoms with E-state index < -0.39 is 0 Å². The smallest absolute Gasteiger partial charge is 0.0764 e. The molecular formula is C11H20N4. The maximum atomic E-state index is 5.67. The molecule has 0 saturated carbocycles. The fourth-order valence-corrected chi connectivity index (χ4v) is 2.16. The van der Waals surface area contributed by atoms with E-state index in [4.69, 9.17) is 5.73 Å². The highest BCUT2D eigenvalue weighted by Crippen LogP contribution is 2.17. The van der Waals surface area contributed by atoms with Crippen LogP contribution in [0.5, 0.6) is 0 Å². The number of nitrogens with zero attached hydrogens (tertiary/aromatic N) is 3. The van der Waals surface area contributed by atoms with Crippen molar-refractivity contribution in [2.75, 3.05) is 19.6 Å². The Hall–Kier alpha value is -0.870. The molecule has 1 aliphatic heterocycles. The molecule has 1 saturated heterocycles. The Morgan fingerprint density at radius 1 is 1.47 bits per heavy atom. The molecule has 0 amide bonds. The van der Waals surface area contributed by atoms with E-state index in [9.17, 15) is 0 Å². The van der Waals surface area contributed by atoms with Crippen molar-refractivity contribution in [3.05, 3.63) is 18.0 Å². The van der Waals surface area contributed by atoms with Gasteiger partial charge < -0.3 is 5.73 Å². The van der Waals surface area contributed by atoms with Crippen molar-refractivity contribution in [2.24, 2.45) is 18.7 Å². The number of hydrogen-bond donors (Lipinski definition) is 1. The Balaban J connectivity index is 1.82. The SMILES string of the molecule is Cn1ccc(CN2CCC(CN)CC2)n1. The number of piperidine rings is 1. The monoisotopic (exact) mass is 208 g/mol. The largest absolute Gasteiger partial charge is 0.330 e. The van der Waals surface area contributed by atoms with Gasteiger partial charge in [0.1, 0.15) is 0 Å². The van der Waals surface area contributed by atoms with Crippen molar-refractivity contribution in [3.8, 4) is 0 Å². The number of rotatable bonds is 3. The molecule has 0 aromatic carbocycles. The van der Waals surface area contributed by atoms with Crippen LogP contribution in [-0.4, -0.2) is 34.3 Å². The molecule has 1 aromatic heterocycles. The first kappa shape index (κ1) is 10.6. The van der Waals surface area contributed by atoms with E-state index in [2.05, 4.69) is 16.1 Å². The van der Waals surface area contributed by atoms with Crippen molar-refractivity contribution >= 4 is 0 Å². The van der Waals surface area contributed by atoms with Crippen LogP contribution >= 0.6 is 0 Å². The highest BCUT2D eigenvalue weighted by atomic mass is 15.3. The Labute approximate surface area is 91.1 Å². The maximum Gasteiger partial charge on any atom is 0.0764 e. The molecule has 0 unspecified atom stereocenters. The molecule has 4 heteroatoms. The lowest BCUT2D eigenvalue weighted by Crippen LogP contribution is -2.35. The zero-order chi connectivity index (χ0) is 10.7. The lowest BCUT2D eigenvalue weighted by Gasteiger charge is -2.30. The molecule has 0 aliphatic carbocycles. The van der Waals surface area contributed by atoms with Gasteiger partial charge in [0.05, 0.1) is 5.69 Å². The van der Waals surface area contributed by atoms with E-state index in [1.807, 2.05) is 17.9 Å². The summed E-state index contributed by atoms with van der Waals surface area (Å²) in [4.78, 5) is 2.47. The lowest BCUT2D eigenvalue weighted by atomic mass is 9.97. The van der Waals surface area contributed by atoms with E-state index in [0.717, 1.165) is 19.0 Å². The molecule has 1 aliphatic rings. The van der Waals surface area contributed by atoms with Gasteiger partial charge in [-0.3, -0.25) is 9.58 Å². The van der Waals surface area contributed by atoms with Crippen LogP contribution in [0.25, 0.3) is 0 Å². The van der Waals surface area contributed by atoms with Crippen molar-refractivity contribution in [1.82, 2.24) is 14.7 Å². The molecular weight excluding hydrogens is 188 g/mol. The maximum absolute atomic E-state index is 5.67. The van der Waals surface area contributed by atoms with Gasteiger partial charge in [0.15, 0.2) is 0 Å². The fraction of sp³-hybridized carbons (Fsp3) is 0.727. The number of aryl methyl sites for hydroxylation is 1. The summed E-state index contributed by atoms with van der Waals surface area (Å²) in [5.41, 5.74) is 6.84. The van der Waals surface area contributed by atoms with Crippen molar-refractivity contribution in [3.63, 3.8) is 0 Å². The van der Waals surface area contributed by atoms with Crippen molar-refractivity contribution in [1.29, 1.82) is 0 Å². The fourth-order valence-electron chi connectivity index (χ4n) is 2.16. The van der Waals surface area contributed by atoms with Crippen LogP contribution < -0.4 is 5.73 Å². The van der Waals surface area contributed by atoms with Crippen LogP contribution in [0.1, 0.15) is 18.5 Å². The number of aromatic nitrogens is 2. The molecule has 15 heavy (non-hydrogen) atoms. The third-order valence-corrected chi connectivity index (χ3v) is 3.19. The number of nitrogens with two attached hydrogens (primary N) is 1. The second kappa shape index (κ2) is 4.77. The van der Waals surface area contributed by atoms with Crippen molar-refractivity contribution in [2.45, 2.75) is 19.4 Å². The van der Waals surface area contributed by atoms with Gasteiger partial charge in [-0.25, -0.2) is 0 Å². The molecule has 0 spiro atoms. The molecule has 0 atom stereocenters. The molecule has 0 bridgehead atoms. The topological polar surface area (TPSA) is 47.1 Å². The molecule has 2 heterocycles. The summed E-state index contributed by atoms with van der Waals surface area (Å²) in [7, 11) is 1.96. The first-order chi connectivity index (χ1) is 7.28. The Bertz CT molecular complexity index is 299. The molecule has 1 aromatic rings.